The van der Waals surface area contributed by atoms with Gasteiger partial charge in [-0.05, 0) is 39.2 Å². The van der Waals surface area contributed by atoms with Crippen molar-refractivity contribution in [2.24, 2.45) is 5.92 Å². The fourth-order valence-electron chi connectivity index (χ4n) is 2.93. The number of amides is 1. The zero-order chi connectivity index (χ0) is 11.4. The van der Waals surface area contributed by atoms with Gasteiger partial charge in [0.25, 0.3) is 0 Å². The van der Waals surface area contributed by atoms with E-state index in [1.165, 1.54) is 19.3 Å². The molecule has 2 aliphatic rings. The van der Waals surface area contributed by atoms with Crippen LogP contribution in [0.1, 0.15) is 51.9 Å². The molecule has 1 unspecified atom stereocenters. The fourth-order valence-corrected chi connectivity index (χ4v) is 2.93. The molecule has 2 N–H and O–H groups in total. The fraction of sp³-hybridized carbons (Fsp3) is 0.923. The van der Waals surface area contributed by atoms with E-state index in [1.54, 1.807) is 0 Å². The molecule has 0 aromatic rings. The van der Waals surface area contributed by atoms with E-state index in [1.807, 2.05) is 0 Å². The molecule has 4 heteroatoms. The Morgan fingerprint density at radius 2 is 1.94 bits per heavy atom. The van der Waals surface area contributed by atoms with Crippen LogP contribution in [0, 0.1) is 5.92 Å². The van der Waals surface area contributed by atoms with Gasteiger partial charge < -0.3 is 10.6 Å². The van der Waals surface area contributed by atoms with E-state index >= 15 is 0 Å². The molecule has 1 atom stereocenters. The van der Waals surface area contributed by atoms with Gasteiger partial charge in [-0.1, -0.05) is 19.3 Å². The molecule has 3 nitrogen and oxygen atoms in total. The third-order valence-corrected chi connectivity index (χ3v) is 4.05. The van der Waals surface area contributed by atoms with Crippen LogP contribution in [-0.2, 0) is 4.79 Å². The number of hydrogen-bond acceptors (Lipinski definition) is 2. The van der Waals surface area contributed by atoms with Gasteiger partial charge in [0.2, 0.25) is 5.91 Å². The first-order chi connectivity index (χ1) is 7.70. The van der Waals surface area contributed by atoms with Crippen LogP contribution in [0.15, 0.2) is 0 Å². The molecular weight excluding hydrogens is 236 g/mol. The Hall–Kier alpha value is -0.280. The number of hydrogen-bond donors (Lipinski definition) is 2. The molecule has 100 valence electrons. The van der Waals surface area contributed by atoms with Crippen molar-refractivity contribution in [3.8, 4) is 0 Å². The Bertz CT molecular complexity index is 246. The average molecular weight is 261 g/mol. The minimum Gasteiger partial charge on any atom is -0.351 e. The SMILES string of the molecule is CC1(NC(=O)C2CCCNC2)CCCCC1.Cl. The zero-order valence-corrected chi connectivity index (χ0v) is 11.6. The van der Waals surface area contributed by atoms with Crippen molar-refractivity contribution in [3.05, 3.63) is 0 Å². The maximum atomic E-state index is 12.1. The van der Waals surface area contributed by atoms with Crippen LogP contribution >= 0.6 is 12.4 Å². The topological polar surface area (TPSA) is 41.1 Å². The first-order valence-electron chi connectivity index (χ1n) is 6.72. The summed E-state index contributed by atoms with van der Waals surface area (Å²) in [7, 11) is 0. The number of piperidine rings is 1. The molecule has 1 saturated carbocycles. The van der Waals surface area contributed by atoms with Crippen molar-refractivity contribution in [3.63, 3.8) is 0 Å². The van der Waals surface area contributed by atoms with E-state index in [0.717, 1.165) is 38.8 Å². The van der Waals surface area contributed by atoms with Crippen molar-refractivity contribution in [2.45, 2.75) is 57.4 Å². The molecule has 0 aromatic carbocycles. The van der Waals surface area contributed by atoms with Gasteiger partial charge in [-0.25, -0.2) is 0 Å². The molecule has 0 radical (unpaired) electrons. The zero-order valence-electron chi connectivity index (χ0n) is 10.8. The Morgan fingerprint density at radius 3 is 2.53 bits per heavy atom. The van der Waals surface area contributed by atoms with E-state index in [2.05, 4.69) is 17.6 Å². The van der Waals surface area contributed by atoms with Crippen molar-refractivity contribution in [1.82, 2.24) is 10.6 Å². The second kappa shape index (κ2) is 6.60. The maximum Gasteiger partial charge on any atom is 0.224 e. The number of rotatable bonds is 2. The number of carbonyl (C=O) groups excluding carboxylic acids is 1. The van der Waals surface area contributed by atoms with Gasteiger partial charge in [0.1, 0.15) is 0 Å². The van der Waals surface area contributed by atoms with E-state index in [9.17, 15) is 4.79 Å². The molecule has 1 aliphatic heterocycles. The highest BCUT2D eigenvalue weighted by atomic mass is 35.5. The first-order valence-corrected chi connectivity index (χ1v) is 6.72. The highest BCUT2D eigenvalue weighted by molar-refractivity contribution is 5.85. The first kappa shape index (κ1) is 14.8. The molecule has 1 heterocycles. The quantitative estimate of drug-likeness (QED) is 0.800. The summed E-state index contributed by atoms with van der Waals surface area (Å²) < 4.78 is 0. The van der Waals surface area contributed by atoms with Crippen LogP contribution in [0.3, 0.4) is 0 Å². The predicted octanol–water partition coefficient (Wildman–Crippen LogP) is 2.25. The normalized spacial score (nSPS) is 27.9. The van der Waals surface area contributed by atoms with Crippen LogP contribution < -0.4 is 10.6 Å². The van der Waals surface area contributed by atoms with E-state index in [-0.39, 0.29) is 29.8 Å². The predicted molar refractivity (Wildman–Crippen MR) is 72.5 cm³/mol. The summed E-state index contributed by atoms with van der Waals surface area (Å²) in [6.07, 6.45) is 8.34. The van der Waals surface area contributed by atoms with Crippen molar-refractivity contribution >= 4 is 18.3 Å². The molecular formula is C13H25ClN2O. The second-order valence-electron chi connectivity index (χ2n) is 5.65. The van der Waals surface area contributed by atoms with E-state index < -0.39 is 0 Å². The Morgan fingerprint density at radius 1 is 1.24 bits per heavy atom. The number of halogens is 1. The molecule has 1 amide bonds. The van der Waals surface area contributed by atoms with Crippen LogP contribution in [0.25, 0.3) is 0 Å². The van der Waals surface area contributed by atoms with Gasteiger partial charge in [-0.3, -0.25) is 4.79 Å². The Balaban J connectivity index is 0.00000144. The third-order valence-electron chi connectivity index (χ3n) is 4.05. The molecule has 17 heavy (non-hydrogen) atoms. The van der Waals surface area contributed by atoms with Gasteiger partial charge in [-0.15, -0.1) is 12.4 Å². The molecule has 2 fully saturated rings. The van der Waals surface area contributed by atoms with Crippen LogP contribution in [0.2, 0.25) is 0 Å². The van der Waals surface area contributed by atoms with Gasteiger partial charge in [0, 0.05) is 12.1 Å². The molecule has 0 bridgehead atoms. The summed E-state index contributed by atoms with van der Waals surface area (Å²) in [6.45, 7) is 4.14. The summed E-state index contributed by atoms with van der Waals surface area (Å²) in [5, 5.41) is 6.59. The van der Waals surface area contributed by atoms with Gasteiger partial charge in [0.05, 0.1) is 5.92 Å². The summed E-state index contributed by atoms with van der Waals surface area (Å²) in [5.41, 5.74) is 0.0762. The lowest BCUT2D eigenvalue weighted by Gasteiger charge is -2.36. The van der Waals surface area contributed by atoms with Crippen molar-refractivity contribution in [2.75, 3.05) is 13.1 Å². The average Bonchev–Trinajstić information content (AvgIpc) is 2.30. The monoisotopic (exact) mass is 260 g/mol. The highest BCUT2D eigenvalue weighted by Crippen LogP contribution is 2.28. The lowest BCUT2D eigenvalue weighted by molar-refractivity contribution is -0.127. The highest BCUT2D eigenvalue weighted by Gasteiger charge is 2.31. The summed E-state index contributed by atoms with van der Waals surface area (Å²) >= 11 is 0. The summed E-state index contributed by atoms with van der Waals surface area (Å²) in [5.74, 6) is 0.476. The van der Waals surface area contributed by atoms with E-state index in [4.69, 9.17) is 0 Å². The molecule has 1 aliphatic carbocycles. The Labute approximate surface area is 111 Å². The van der Waals surface area contributed by atoms with Crippen LogP contribution in [0.5, 0.6) is 0 Å². The Kier molecular flexibility index (Phi) is 5.74. The molecule has 1 saturated heterocycles. The smallest absolute Gasteiger partial charge is 0.224 e. The van der Waals surface area contributed by atoms with Crippen LogP contribution in [-0.4, -0.2) is 24.5 Å². The molecule has 0 aromatic heterocycles. The minimum atomic E-state index is 0. The minimum absolute atomic E-state index is 0. The van der Waals surface area contributed by atoms with Crippen molar-refractivity contribution < 1.29 is 4.79 Å². The second-order valence-corrected chi connectivity index (χ2v) is 5.65. The standard InChI is InChI=1S/C13H24N2O.ClH/c1-13(7-3-2-4-8-13)15-12(16)11-6-5-9-14-10-11;/h11,14H,2-10H2,1H3,(H,15,16);1H. The van der Waals surface area contributed by atoms with Gasteiger partial charge in [0.15, 0.2) is 0 Å². The van der Waals surface area contributed by atoms with Gasteiger partial charge >= 0.3 is 0 Å². The summed E-state index contributed by atoms with van der Waals surface area (Å²) in [4.78, 5) is 12.1. The lowest BCUT2D eigenvalue weighted by Crippen LogP contribution is -2.51. The van der Waals surface area contributed by atoms with Crippen LogP contribution in [0.4, 0.5) is 0 Å². The lowest BCUT2D eigenvalue weighted by atomic mass is 9.82. The van der Waals surface area contributed by atoms with E-state index in [0.29, 0.717) is 0 Å². The molecule has 0 spiro atoms. The summed E-state index contributed by atoms with van der Waals surface area (Å²) in [6, 6.07) is 0. The van der Waals surface area contributed by atoms with Gasteiger partial charge in [-0.2, -0.15) is 0 Å². The maximum absolute atomic E-state index is 12.1. The molecule has 2 rings (SSSR count). The van der Waals surface area contributed by atoms with Crippen molar-refractivity contribution in [1.29, 1.82) is 0 Å². The number of nitrogens with one attached hydrogen (secondary N) is 2. The largest absolute Gasteiger partial charge is 0.351 e. The number of carbonyl (C=O) groups is 1. The third kappa shape index (κ3) is 4.14.